The van der Waals surface area contributed by atoms with Crippen molar-refractivity contribution >= 4 is 22.6 Å². The molecule has 0 fully saturated rings. The van der Waals surface area contributed by atoms with Crippen LogP contribution in [0.3, 0.4) is 0 Å². The van der Waals surface area contributed by atoms with Crippen LogP contribution in [0.4, 0.5) is 10.5 Å². The van der Waals surface area contributed by atoms with Gasteiger partial charge in [-0.05, 0) is 102 Å². The smallest absolute Gasteiger partial charge is 0.411 e. The number of ether oxygens (including phenoxy) is 1. The number of anilines is 1. The molecule has 0 bridgehead atoms. The van der Waals surface area contributed by atoms with Gasteiger partial charge in [0.2, 0.25) is 0 Å². The van der Waals surface area contributed by atoms with Gasteiger partial charge < -0.3 is 4.74 Å². The third kappa shape index (κ3) is 11.2. The van der Waals surface area contributed by atoms with Crippen molar-refractivity contribution in [2.75, 3.05) is 11.9 Å². The molecule has 0 saturated carbocycles. The molecule has 2 aromatic rings. The van der Waals surface area contributed by atoms with Crippen LogP contribution in [0.2, 0.25) is 0 Å². The SMILES string of the molecule is CC(C)=CCCC(C)=CCCC(C)=CCCC(C)=CCOC(=O)Nc1ccc2ccccc2c1. The van der Waals surface area contributed by atoms with Crippen molar-refractivity contribution in [2.24, 2.45) is 0 Å². The highest BCUT2D eigenvalue weighted by molar-refractivity contribution is 5.91. The van der Waals surface area contributed by atoms with E-state index in [0.717, 1.165) is 55.0 Å². The Morgan fingerprint density at radius 2 is 1.29 bits per heavy atom. The summed E-state index contributed by atoms with van der Waals surface area (Å²) in [6, 6.07) is 13.9. The van der Waals surface area contributed by atoms with E-state index in [9.17, 15) is 4.79 Å². The van der Waals surface area contributed by atoms with Gasteiger partial charge in [-0.2, -0.15) is 0 Å². The van der Waals surface area contributed by atoms with Gasteiger partial charge in [-0.15, -0.1) is 0 Å². The minimum Gasteiger partial charge on any atom is -0.445 e. The molecule has 0 heterocycles. The lowest BCUT2D eigenvalue weighted by Crippen LogP contribution is -2.13. The van der Waals surface area contributed by atoms with E-state index in [-0.39, 0.29) is 6.61 Å². The van der Waals surface area contributed by atoms with Crippen LogP contribution in [0.5, 0.6) is 0 Å². The maximum atomic E-state index is 12.1. The van der Waals surface area contributed by atoms with Crippen LogP contribution >= 0.6 is 0 Å². The summed E-state index contributed by atoms with van der Waals surface area (Å²) < 4.78 is 5.32. The minimum atomic E-state index is -0.431. The summed E-state index contributed by atoms with van der Waals surface area (Å²) >= 11 is 0. The molecule has 0 spiro atoms. The van der Waals surface area contributed by atoms with E-state index in [1.165, 1.54) is 22.3 Å². The lowest BCUT2D eigenvalue weighted by atomic mass is 10.0. The zero-order valence-electron chi connectivity index (χ0n) is 21.6. The first-order valence-electron chi connectivity index (χ1n) is 12.4. The van der Waals surface area contributed by atoms with Crippen LogP contribution in [-0.2, 0) is 4.74 Å². The number of carbonyl (C=O) groups excluding carboxylic acids is 1. The van der Waals surface area contributed by atoms with E-state index >= 15 is 0 Å². The first-order chi connectivity index (χ1) is 16.3. The normalized spacial score (nSPS) is 12.6. The van der Waals surface area contributed by atoms with E-state index in [4.69, 9.17) is 4.74 Å². The van der Waals surface area contributed by atoms with E-state index in [1.807, 2.05) is 48.5 Å². The van der Waals surface area contributed by atoms with Crippen molar-refractivity contribution in [1.29, 1.82) is 0 Å². The minimum absolute atomic E-state index is 0.283. The number of hydrogen-bond acceptors (Lipinski definition) is 2. The van der Waals surface area contributed by atoms with Crippen molar-refractivity contribution in [3.63, 3.8) is 0 Å². The highest BCUT2D eigenvalue weighted by atomic mass is 16.5. The molecular formula is C31H41NO2. The van der Waals surface area contributed by atoms with Gasteiger partial charge in [-0.25, -0.2) is 4.79 Å². The Hall–Kier alpha value is -3.07. The molecule has 182 valence electrons. The Balaban J connectivity index is 1.65. The highest BCUT2D eigenvalue weighted by Gasteiger charge is 2.03. The number of allylic oxidation sites excluding steroid dienone is 7. The molecule has 0 unspecified atom stereocenters. The second kappa shape index (κ2) is 15.0. The van der Waals surface area contributed by atoms with E-state index in [2.05, 4.69) is 58.2 Å². The molecule has 2 rings (SSSR count). The van der Waals surface area contributed by atoms with Gasteiger partial charge in [0, 0.05) is 5.69 Å². The molecule has 3 nitrogen and oxygen atoms in total. The number of nitrogens with one attached hydrogen (secondary N) is 1. The lowest BCUT2D eigenvalue weighted by molar-refractivity contribution is 0.174. The standard InChI is InChI=1S/C31H41NO2/c1-24(2)11-8-12-25(3)13-9-14-26(4)15-10-16-27(5)21-22-34-31(33)32-30-20-19-28-17-6-7-18-29(28)23-30/h6-7,11,13,15,17-21,23H,8-10,12,14,16,22H2,1-5H3,(H,32,33). The van der Waals surface area contributed by atoms with Gasteiger partial charge >= 0.3 is 6.09 Å². The third-order valence-electron chi connectivity index (χ3n) is 5.80. The van der Waals surface area contributed by atoms with Gasteiger partial charge in [-0.3, -0.25) is 5.32 Å². The van der Waals surface area contributed by atoms with Gasteiger partial charge in [0.1, 0.15) is 6.61 Å². The zero-order valence-corrected chi connectivity index (χ0v) is 21.6. The molecular weight excluding hydrogens is 418 g/mol. The van der Waals surface area contributed by atoms with Crippen LogP contribution in [0.25, 0.3) is 10.8 Å². The molecule has 0 aliphatic rings. The maximum Gasteiger partial charge on any atom is 0.411 e. The van der Waals surface area contributed by atoms with E-state index < -0.39 is 6.09 Å². The van der Waals surface area contributed by atoms with Gasteiger partial charge in [-0.1, -0.05) is 70.9 Å². The zero-order chi connectivity index (χ0) is 24.8. The Labute approximate surface area is 206 Å². The number of hydrogen-bond donors (Lipinski definition) is 1. The summed E-state index contributed by atoms with van der Waals surface area (Å²) in [6.07, 6.45) is 15.1. The Bertz CT molecular complexity index is 1050. The fraction of sp³-hybridized carbons (Fsp3) is 0.387. The summed E-state index contributed by atoms with van der Waals surface area (Å²) in [6.45, 7) is 11.1. The van der Waals surface area contributed by atoms with Crippen LogP contribution < -0.4 is 5.32 Å². The second-order valence-electron chi connectivity index (χ2n) is 9.33. The second-order valence-corrected chi connectivity index (χ2v) is 9.33. The van der Waals surface area contributed by atoms with Gasteiger partial charge in [0.25, 0.3) is 0 Å². The number of benzene rings is 2. The number of rotatable bonds is 12. The summed E-state index contributed by atoms with van der Waals surface area (Å²) in [5.41, 5.74) is 6.29. The molecule has 3 heteroatoms. The summed E-state index contributed by atoms with van der Waals surface area (Å²) in [5.74, 6) is 0. The molecule has 0 radical (unpaired) electrons. The lowest BCUT2D eigenvalue weighted by Gasteiger charge is -2.07. The Kier molecular flexibility index (Phi) is 12.0. The van der Waals surface area contributed by atoms with Crippen LogP contribution in [0.15, 0.2) is 89.1 Å². The van der Waals surface area contributed by atoms with E-state index in [0.29, 0.717) is 0 Å². The molecule has 34 heavy (non-hydrogen) atoms. The Morgan fingerprint density at radius 3 is 1.91 bits per heavy atom. The topological polar surface area (TPSA) is 38.3 Å². The predicted octanol–water partition coefficient (Wildman–Crippen LogP) is 9.53. The number of fused-ring (bicyclic) bond motifs is 1. The van der Waals surface area contributed by atoms with Crippen molar-refractivity contribution in [1.82, 2.24) is 0 Å². The molecule has 0 aliphatic heterocycles. The molecule has 0 saturated heterocycles. The molecule has 0 aromatic heterocycles. The van der Waals surface area contributed by atoms with Crippen LogP contribution in [0.1, 0.15) is 73.1 Å². The monoisotopic (exact) mass is 459 g/mol. The molecule has 1 N–H and O–H groups in total. The van der Waals surface area contributed by atoms with Crippen molar-refractivity contribution in [2.45, 2.75) is 73.1 Å². The summed E-state index contributed by atoms with van der Waals surface area (Å²) in [5, 5.41) is 5.03. The van der Waals surface area contributed by atoms with Gasteiger partial charge in [0.15, 0.2) is 0 Å². The average Bonchev–Trinajstić information content (AvgIpc) is 2.78. The first-order valence-corrected chi connectivity index (χ1v) is 12.4. The molecule has 2 aromatic carbocycles. The van der Waals surface area contributed by atoms with Crippen LogP contribution in [0, 0.1) is 0 Å². The summed E-state index contributed by atoms with van der Waals surface area (Å²) in [7, 11) is 0. The predicted molar refractivity (Wildman–Crippen MR) is 147 cm³/mol. The van der Waals surface area contributed by atoms with E-state index in [1.54, 1.807) is 0 Å². The molecule has 1 amide bonds. The number of carbonyl (C=O) groups is 1. The quantitative estimate of drug-likeness (QED) is 0.321. The fourth-order valence-electron chi connectivity index (χ4n) is 3.67. The number of amides is 1. The third-order valence-corrected chi connectivity index (χ3v) is 5.80. The fourth-order valence-corrected chi connectivity index (χ4v) is 3.67. The average molecular weight is 460 g/mol. The van der Waals surface area contributed by atoms with Gasteiger partial charge in [0.05, 0.1) is 0 Å². The molecule has 0 atom stereocenters. The van der Waals surface area contributed by atoms with Crippen molar-refractivity contribution in [3.05, 3.63) is 89.1 Å². The highest BCUT2D eigenvalue weighted by Crippen LogP contribution is 2.19. The Morgan fingerprint density at radius 1 is 0.735 bits per heavy atom. The van der Waals surface area contributed by atoms with Crippen molar-refractivity contribution in [3.8, 4) is 0 Å². The molecule has 0 aliphatic carbocycles. The summed E-state index contributed by atoms with van der Waals surface area (Å²) in [4.78, 5) is 12.1. The first kappa shape index (κ1) is 27.2. The van der Waals surface area contributed by atoms with Crippen molar-refractivity contribution < 1.29 is 9.53 Å². The van der Waals surface area contributed by atoms with Crippen LogP contribution in [-0.4, -0.2) is 12.7 Å². The maximum absolute atomic E-state index is 12.1. The largest absolute Gasteiger partial charge is 0.445 e.